The highest BCUT2D eigenvalue weighted by molar-refractivity contribution is 7.08. The van der Waals surface area contributed by atoms with Crippen molar-refractivity contribution in [3.8, 4) is 11.4 Å². The van der Waals surface area contributed by atoms with Crippen molar-refractivity contribution in [2.24, 2.45) is 11.7 Å². The van der Waals surface area contributed by atoms with E-state index < -0.39 is 0 Å². The van der Waals surface area contributed by atoms with Gasteiger partial charge >= 0.3 is 0 Å². The van der Waals surface area contributed by atoms with Crippen molar-refractivity contribution in [2.45, 2.75) is 26.8 Å². The molecule has 0 aromatic carbocycles. The molecule has 0 aliphatic carbocycles. The van der Waals surface area contributed by atoms with Gasteiger partial charge in [0.25, 0.3) is 0 Å². The highest BCUT2D eigenvalue weighted by Gasteiger charge is 2.19. The number of aryl methyl sites for hydroxylation is 1. The van der Waals surface area contributed by atoms with Crippen LogP contribution in [0.15, 0.2) is 15.3 Å². The summed E-state index contributed by atoms with van der Waals surface area (Å²) in [5.41, 5.74) is 8.14. The molecule has 2 aromatic heterocycles. The summed E-state index contributed by atoms with van der Waals surface area (Å²) in [6, 6.07) is -0.194. The Morgan fingerprint density at radius 1 is 1.38 bits per heavy atom. The summed E-state index contributed by atoms with van der Waals surface area (Å²) >= 11 is 1.63. The molecule has 2 heterocycles. The lowest BCUT2D eigenvalue weighted by atomic mass is 10.1. The fourth-order valence-electron chi connectivity index (χ4n) is 1.35. The molecule has 0 radical (unpaired) electrons. The molecule has 4 nitrogen and oxygen atoms in total. The Kier molecular flexibility index (Phi) is 3.07. The number of aromatic nitrogens is 2. The van der Waals surface area contributed by atoms with E-state index in [-0.39, 0.29) is 12.0 Å². The van der Waals surface area contributed by atoms with E-state index in [9.17, 15) is 0 Å². The molecular weight excluding hydrogens is 222 g/mol. The largest absolute Gasteiger partial charge is 0.337 e. The molecule has 5 heteroatoms. The molecule has 0 amide bonds. The molecule has 0 spiro atoms. The molecule has 2 rings (SSSR count). The van der Waals surface area contributed by atoms with Crippen LogP contribution in [0.2, 0.25) is 0 Å². The Labute approximate surface area is 98.5 Å². The molecule has 0 saturated carbocycles. The van der Waals surface area contributed by atoms with Gasteiger partial charge in [-0.1, -0.05) is 19.0 Å². The molecule has 2 aromatic rings. The summed E-state index contributed by atoms with van der Waals surface area (Å²) in [6.45, 7) is 6.10. The first-order chi connectivity index (χ1) is 7.59. The summed E-state index contributed by atoms with van der Waals surface area (Å²) < 4.78 is 5.19. The van der Waals surface area contributed by atoms with Crippen molar-refractivity contribution in [1.82, 2.24) is 10.1 Å². The first-order valence-corrected chi connectivity index (χ1v) is 6.16. The summed E-state index contributed by atoms with van der Waals surface area (Å²) in [5, 5.41) is 8.05. The van der Waals surface area contributed by atoms with Gasteiger partial charge in [-0.3, -0.25) is 0 Å². The first-order valence-electron chi connectivity index (χ1n) is 5.22. The normalized spacial score (nSPS) is 13.3. The predicted octanol–water partition coefficient (Wildman–Crippen LogP) is 2.76. The quantitative estimate of drug-likeness (QED) is 0.891. The molecule has 0 bridgehead atoms. The van der Waals surface area contributed by atoms with E-state index in [0.29, 0.717) is 11.7 Å². The number of thiophene rings is 1. The summed E-state index contributed by atoms with van der Waals surface area (Å²) in [4.78, 5) is 4.34. The van der Waals surface area contributed by atoms with Gasteiger partial charge in [-0.15, -0.1) is 0 Å². The van der Waals surface area contributed by atoms with Crippen LogP contribution in [0, 0.1) is 12.8 Å². The second-order valence-electron chi connectivity index (χ2n) is 4.19. The molecule has 0 aliphatic heterocycles. The molecule has 86 valence electrons. The van der Waals surface area contributed by atoms with E-state index in [1.807, 2.05) is 26.2 Å². The fraction of sp³-hybridized carbons (Fsp3) is 0.455. The summed E-state index contributed by atoms with van der Waals surface area (Å²) in [7, 11) is 0. The van der Waals surface area contributed by atoms with E-state index in [2.05, 4.69) is 15.5 Å². The number of hydrogen-bond donors (Lipinski definition) is 1. The topological polar surface area (TPSA) is 64.9 Å². The van der Waals surface area contributed by atoms with Crippen LogP contribution in [0.1, 0.15) is 31.3 Å². The minimum absolute atomic E-state index is 0.194. The average Bonchev–Trinajstić information content (AvgIpc) is 2.84. The number of nitrogens with zero attached hydrogens (tertiary/aromatic N) is 2. The lowest BCUT2D eigenvalue weighted by molar-refractivity contribution is 0.325. The zero-order valence-corrected chi connectivity index (χ0v) is 10.4. The fourth-order valence-corrected chi connectivity index (χ4v) is 2.18. The van der Waals surface area contributed by atoms with Crippen LogP contribution in [0.4, 0.5) is 0 Å². The van der Waals surface area contributed by atoms with Crippen LogP contribution in [0.25, 0.3) is 11.4 Å². The van der Waals surface area contributed by atoms with Crippen LogP contribution < -0.4 is 5.73 Å². The van der Waals surface area contributed by atoms with Gasteiger partial charge in [0.05, 0.1) is 6.04 Å². The second kappa shape index (κ2) is 4.35. The maximum absolute atomic E-state index is 5.95. The average molecular weight is 237 g/mol. The summed E-state index contributed by atoms with van der Waals surface area (Å²) in [5.74, 6) is 1.43. The minimum atomic E-state index is -0.194. The smallest absolute Gasteiger partial charge is 0.244 e. The molecule has 2 N–H and O–H groups in total. The minimum Gasteiger partial charge on any atom is -0.337 e. The molecule has 0 fully saturated rings. The van der Waals surface area contributed by atoms with Crippen LogP contribution in [0.5, 0.6) is 0 Å². The van der Waals surface area contributed by atoms with E-state index in [1.54, 1.807) is 11.3 Å². The second-order valence-corrected chi connectivity index (χ2v) is 4.94. The zero-order chi connectivity index (χ0) is 11.7. The highest BCUT2D eigenvalue weighted by atomic mass is 32.1. The van der Waals surface area contributed by atoms with Gasteiger partial charge < -0.3 is 10.3 Å². The lowest BCUT2D eigenvalue weighted by Crippen LogP contribution is -2.16. The third-order valence-corrected chi connectivity index (χ3v) is 3.40. The molecule has 0 saturated heterocycles. The number of rotatable bonds is 3. The van der Waals surface area contributed by atoms with Crippen LogP contribution >= 0.6 is 11.3 Å². The Morgan fingerprint density at radius 3 is 2.69 bits per heavy atom. The van der Waals surface area contributed by atoms with Gasteiger partial charge in [-0.05, 0) is 23.8 Å². The van der Waals surface area contributed by atoms with Gasteiger partial charge in [0, 0.05) is 10.9 Å². The van der Waals surface area contributed by atoms with Gasteiger partial charge in [-0.2, -0.15) is 16.3 Å². The van der Waals surface area contributed by atoms with E-state index in [4.69, 9.17) is 10.3 Å². The van der Waals surface area contributed by atoms with E-state index >= 15 is 0 Å². The SMILES string of the molecule is Cc1cscc1-c1noc([C@@H](N)C(C)C)n1. The first kappa shape index (κ1) is 11.3. The van der Waals surface area contributed by atoms with Crippen molar-refractivity contribution in [2.75, 3.05) is 0 Å². The van der Waals surface area contributed by atoms with Crippen molar-refractivity contribution < 1.29 is 4.52 Å². The van der Waals surface area contributed by atoms with Crippen LogP contribution in [-0.2, 0) is 0 Å². The monoisotopic (exact) mass is 237 g/mol. The highest BCUT2D eigenvalue weighted by Crippen LogP contribution is 2.26. The molecule has 16 heavy (non-hydrogen) atoms. The maximum atomic E-state index is 5.95. The third kappa shape index (κ3) is 2.01. The maximum Gasteiger partial charge on any atom is 0.244 e. The Hall–Kier alpha value is -1.20. The van der Waals surface area contributed by atoms with Crippen LogP contribution in [-0.4, -0.2) is 10.1 Å². The van der Waals surface area contributed by atoms with Gasteiger partial charge in [-0.25, -0.2) is 0 Å². The van der Waals surface area contributed by atoms with Gasteiger partial charge in [0.2, 0.25) is 11.7 Å². The molecular formula is C11H15N3OS. The van der Waals surface area contributed by atoms with Crippen LogP contribution in [0.3, 0.4) is 0 Å². The van der Waals surface area contributed by atoms with Crippen molar-refractivity contribution in [1.29, 1.82) is 0 Å². The Balaban J connectivity index is 2.30. The van der Waals surface area contributed by atoms with Gasteiger partial charge in [0.1, 0.15) is 0 Å². The summed E-state index contributed by atoms with van der Waals surface area (Å²) in [6.07, 6.45) is 0. The Bertz CT molecular complexity index is 475. The molecule has 0 unspecified atom stereocenters. The molecule has 1 atom stereocenters. The van der Waals surface area contributed by atoms with Gasteiger partial charge in [0.15, 0.2) is 0 Å². The Morgan fingerprint density at radius 2 is 2.12 bits per heavy atom. The lowest BCUT2D eigenvalue weighted by Gasteiger charge is -2.09. The zero-order valence-electron chi connectivity index (χ0n) is 9.60. The van der Waals surface area contributed by atoms with Crippen molar-refractivity contribution in [3.63, 3.8) is 0 Å². The van der Waals surface area contributed by atoms with E-state index in [1.165, 1.54) is 0 Å². The standard InChI is InChI=1S/C11H15N3OS/c1-6(2)9(12)11-13-10(14-15-11)8-5-16-4-7(8)3/h4-6,9H,12H2,1-3H3/t9-/m0/s1. The van der Waals surface area contributed by atoms with Crippen molar-refractivity contribution >= 4 is 11.3 Å². The number of nitrogens with two attached hydrogens (primary N) is 1. The predicted molar refractivity (Wildman–Crippen MR) is 64.1 cm³/mol. The van der Waals surface area contributed by atoms with E-state index in [0.717, 1.165) is 11.1 Å². The molecule has 0 aliphatic rings. The van der Waals surface area contributed by atoms with Crippen molar-refractivity contribution in [3.05, 3.63) is 22.2 Å². The number of hydrogen-bond acceptors (Lipinski definition) is 5. The third-order valence-electron chi connectivity index (χ3n) is 2.54.